The number of pyridine rings is 2. The second kappa shape index (κ2) is 8.36. The molecule has 1 saturated carbocycles. The van der Waals surface area contributed by atoms with Crippen LogP contribution in [0.15, 0.2) is 24.5 Å². The third-order valence-corrected chi connectivity index (χ3v) is 6.24. The van der Waals surface area contributed by atoms with E-state index in [4.69, 9.17) is 15.2 Å². The number of amides is 1. The van der Waals surface area contributed by atoms with E-state index in [0.29, 0.717) is 52.8 Å². The Morgan fingerprint density at radius 3 is 2.88 bits per heavy atom. The van der Waals surface area contributed by atoms with Gasteiger partial charge in [0.15, 0.2) is 5.82 Å². The van der Waals surface area contributed by atoms with Gasteiger partial charge in [0.05, 0.1) is 5.69 Å². The second-order valence-electron chi connectivity index (χ2n) is 8.30. The Balaban J connectivity index is 1.45. The van der Waals surface area contributed by atoms with Gasteiger partial charge in [-0.25, -0.2) is 19.2 Å². The van der Waals surface area contributed by atoms with Gasteiger partial charge in [-0.2, -0.15) is 0 Å². The molecule has 5 N–H and O–H groups in total. The highest BCUT2D eigenvalue weighted by atomic mass is 19.1. The maximum atomic E-state index is 15.3. The number of rotatable bonds is 4. The van der Waals surface area contributed by atoms with Gasteiger partial charge in [-0.1, -0.05) is 0 Å². The minimum Gasteiger partial charge on any atom is -0.474 e. The number of ether oxygens (including phenoxy) is 2. The molecule has 33 heavy (non-hydrogen) atoms. The van der Waals surface area contributed by atoms with Gasteiger partial charge in [0.1, 0.15) is 24.2 Å². The molecule has 0 atom stereocenters. The van der Waals surface area contributed by atoms with E-state index in [1.54, 1.807) is 18.3 Å². The molecule has 2 aromatic heterocycles. The summed E-state index contributed by atoms with van der Waals surface area (Å²) >= 11 is 0. The molecule has 5 rings (SSSR count). The Morgan fingerprint density at radius 2 is 2.09 bits per heavy atom. The van der Waals surface area contributed by atoms with E-state index in [1.165, 1.54) is 6.20 Å². The molecule has 0 spiro atoms. The van der Waals surface area contributed by atoms with E-state index in [0.717, 1.165) is 24.1 Å². The summed E-state index contributed by atoms with van der Waals surface area (Å²) in [5, 5.41) is 10.1. The number of hydrogen-bond donors (Lipinski definition) is 4. The monoisotopic (exact) mass is 452 g/mol. The first-order chi connectivity index (χ1) is 15.9. The number of halogens is 1. The van der Waals surface area contributed by atoms with Crippen molar-refractivity contribution in [2.75, 3.05) is 36.6 Å². The van der Waals surface area contributed by atoms with Crippen LogP contribution in [0.2, 0.25) is 0 Å². The minimum atomic E-state index is -0.572. The Kier molecular flexibility index (Phi) is 5.37. The molecule has 3 aromatic rings. The first-order valence-corrected chi connectivity index (χ1v) is 10.8. The maximum Gasteiger partial charge on any atom is 0.413 e. The van der Waals surface area contributed by atoms with Crippen molar-refractivity contribution in [3.05, 3.63) is 35.9 Å². The molecular weight excluding hydrogens is 427 g/mol. The summed E-state index contributed by atoms with van der Waals surface area (Å²) in [6.07, 6.45) is 3.90. The van der Waals surface area contributed by atoms with E-state index < -0.39 is 11.9 Å². The molecule has 0 saturated heterocycles. The zero-order valence-electron chi connectivity index (χ0n) is 18.4. The number of benzene rings is 1. The van der Waals surface area contributed by atoms with Gasteiger partial charge in [0.25, 0.3) is 0 Å². The van der Waals surface area contributed by atoms with Crippen molar-refractivity contribution in [3.8, 4) is 17.0 Å². The zero-order valence-corrected chi connectivity index (χ0v) is 18.4. The molecule has 10 heteroatoms. The summed E-state index contributed by atoms with van der Waals surface area (Å²) in [4.78, 5) is 20.8. The van der Waals surface area contributed by atoms with Crippen LogP contribution in [-0.2, 0) is 4.74 Å². The van der Waals surface area contributed by atoms with Crippen LogP contribution in [0.3, 0.4) is 0 Å². The lowest BCUT2D eigenvalue weighted by atomic mass is 9.89. The molecule has 3 heterocycles. The number of hydrogen-bond acceptors (Lipinski definition) is 8. The molecule has 9 nitrogen and oxygen atoms in total. The third-order valence-electron chi connectivity index (χ3n) is 6.24. The summed E-state index contributed by atoms with van der Waals surface area (Å²) in [7, 11) is 1.88. The van der Waals surface area contributed by atoms with Crippen molar-refractivity contribution in [3.63, 3.8) is 0 Å². The predicted octanol–water partition coefficient (Wildman–Crippen LogP) is 3.43. The Bertz CT molecular complexity index is 1240. The quantitative estimate of drug-likeness (QED) is 0.444. The average Bonchev–Trinajstić information content (AvgIpc) is 2.79. The fourth-order valence-electron chi connectivity index (χ4n) is 4.24. The van der Waals surface area contributed by atoms with Crippen LogP contribution >= 0.6 is 0 Å². The SMILES string of the molecule is CNC1CC(OC(=O)Nc2cc3cc(-c4cnc5c(c4C)NCCO5)c(F)c(N)c3cn2)C1. The van der Waals surface area contributed by atoms with Crippen molar-refractivity contribution >= 4 is 34.1 Å². The number of nitrogens with zero attached hydrogens (tertiary/aromatic N) is 2. The summed E-state index contributed by atoms with van der Waals surface area (Å²) in [5.41, 5.74) is 8.58. The van der Waals surface area contributed by atoms with Crippen molar-refractivity contribution < 1.29 is 18.7 Å². The molecule has 1 fully saturated rings. The van der Waals surface area contributed by atoms with E-state index in [-0.39, 0.29) is 11.8 Å². The lowest BCUT2D eigenvalue weighted by molar-refractivity contribution is 0.0422. The number of nitrogen functional groups attached to an aromatic ring is 1. The van der Waals surface area contributed by atoms with Gasteiger partial charge in [-0.15, -0.1) is 0 Å². The largest absolute Gasteiger partial charge is 0.474 e. The van der Waals surface area contributed by atoms with Gasteiger partial charge >= 0.3 is 6.09 Å². The number of nitrogens with one attached hydrogen (secondary N) is 3. The summed E-state index contributed by atoms with van der Waals surface area (Å²) < 4.78 is 26.2. The van der Waals surface area contributed by atoms with Crippen LogP contribution in [0.5, 0.6) is 5.88 Å². The van der Waals surface area contributed by atoms with Crippen LogP contribution in [0.4, 0.5) is 26.4 Å². The van der Waals surface area contributed by atoms with Crippen LogP contribution in [0.1, 0.15) is 18.4 Å². The molecule has 0 bridgehead atoms. The highest BCUT2D eigenvalue weighted by Crippen LogP contribution is 2.39. The van der Waals surface area contributed by atoms with Crippen LogP contribution < -0.4 is 26.4 Å². The van der Waals surface area contributed by atoms with Crippen molar-refractivity contribution in [1.29, 1.82) is 0 Å². The van der Waals surface area contributed by atoms with Gasteiger partial charge in [0, 0.05) is 41.5 Å². The zero-order chi connectivity index (χ0) is 23.1. The van der Waals surface area contributed by atoms with Gasteiger partial charge in [-0.3, -0.25) is 5.32 Å². The highest BCUT2D eigenvalue weighted by molar-refractivity contribution is 5.99. The summed E-state index contributed by atoms with van der Waals surface area (Å²) in [6, 6.07) is 3.71. The fourth-order valence-corrected chi connectivity index (χ4v) is 4.24. The standard InChI is InChI=1S/C23H25FN6O3/c1-11-16(9-29-22-21(11)27-3-4-32-22)15-5-12-6-18(28-10-17(12)20(25)19(15)24)30-23(31)33-14-7-13(8-14)26-2/h5-6,9-10,13-14,26-27H,3-4,7-8,25H2,1-2H3,(H,28,30,31). The number of aromatic nitrogens is 2. The van der Waals surface area contributed by atoms with Gasteiger partial charge in [-0.05, 0) is 49.9 Å². The first kappa shape index (κ1) is 21.2. The Morgan fingerprint density at radius 1 is 1.27 bits per heavy atom. The Hall–Kier alpha value is -3.66. The molecule has 0 unspecified atom stereocenters. The van der Waals surface area contributed by atoms with Crippen molar-refractivity contribution in [2.24, 2.45) is 0 Å². The van der Waals surface area contributed by atoms with Crippen molar-refractivity contribution in [1.82, 2.24) is 15.3 Å². The molecule has 2 aliphatic rings. The van der Waals surface area contributed by atoms with E-state index in [9.17, 15) is 4.79 Å². The normalized spacial score (nSPS) is 19.1. The van der Waals surface area contributed by atoms with Crippen LogP contribution in [0, 0.1) is 12.7 Å². The molecular formula is C23H25FN6O3. The topological polar surface area (TPSA) is 123 Å². The van der Waals surface area contributed by atoms with E-state index in [2.05, 4.69) is 25.9 Å². The predicted molar refractivity (Wildman–Crippen MR) is 124 cm³/mol. The highest BCUT2D eigenvalue weighted by Gasteiger charge is 2.31. The second-order valence-corrected chi connectivity index (χ2v) is 8.30. The molecule has 1 aliphatic heterocycles. The molecule has 0 radical (unpaired) electrons. The molecule has 1 aromatic carbocycles. The van der Waals surface area contributed by atoms with Crippen molar-refractivity contribution in [2.45, 2.75) is 31.9 Å². The number of anilines is 3. The maximum absolute atomic E-state index is 15.3. The summed E-state index contributed by atoms with van der Waals surface area (Å²) in [6.45, 7) is 3.05. The number of nitrogens with two attached hydrogens (primary N) is 1. The lowest BCUT2D eigenvalue weighted by Gasteiger charge is -2.34. The molecule has 172 valence electrons. The van der Waals surface area contributed by atoms with E-state index >= 15 is 4.39 Å². The molecule has 1 aliphatic carbocycles. The molecule has 1 amide bonds. The Labute approximate surface area is 189 Å². The smallest absolute Gasteiger partial charge is 0.413 e. The average molecular weight is 452 g/mol. The summed E-state index contributed by atoms with van der Waals surface area (Å²) in [5.74, 6) is 0.248. The number of fused-ring (bicyclic) bond motifs is 2. The van der Waals surface area contributed by atoms with Gasteiger partial charge in [0.2, 0.25) is 5.88 Å². The first-order valence-electron chi connectivity index (χ1n) is 10.8. The number of carbonyl (C=O) groups excluding carboxylic acids is 1. The third kappa shape index (κ3) is 3.86. The number of carbonyl (C=O) groups is 1. The lowest BCUT2D eigenvalue weighted by Crippen LogP contribution is -2.45. The van der Waals surface area contributed by atoms with Crippen LogP contribution in [0.25, 0.3) is 21.9 Å². The minimum absolute atomic E-state index is 0.0157. The van der Waals surface area contributed by atoms with Crippen LogP contribution in [-0.4, -0.2) is 48.4 Å². The fraction of sp³-hybridized carbons (Fsp3) is 0.348. The van der Waals surface area contributed by atoms with Gasteiger partial charge < -0.3 is 25.8 Å². The van der Waals surface area contributed by atoms with E-state index in [1.807, 2.05) is 14.0 Å².